The molecule has 2 aromatic rings. The molecule has 1 atom stereocenters. The zero-order valence-electron chi connectivity index (χ0n) is 12.7. The second kappa shape index (κ2) is 6.08. The third-order valence-electron chi connectivity index (χ3n) is 3.97. The van der Waals surface area contributed by atoms with Crippen molar-refractivity contribution in [3.63, 3.8) is 0 Å². The number of carbonyl (C=O) groups excluding carboxylic acids is 1. The first-order chi connectivity index (χ1) is 10.9. The summed E-state index contributed by atoms with van der Waals surface area (Å²) in [6, 6.07) is 7.25. The summed E-state index contributed by atoms with van der Waals surface area (Å²) >= 11 is 0. The fraction of sp³-hybridized carbons (Fsp3) is 0.312. The van der Waals surface area contributed by atoms with Crippen LogP contribution in [0.5, 0.6) is 0 Å². The van der Waals surface area contributed by atoms with E-state index in [9.17, 15) is 13.2 Å². The molecule has 0 spiro atoms. The van der Waals surface area contributed by atoms with Crippen LogP contribution in [0.15, 0.2) is 36.5 Å². The van der Waals surface area contributed by atoms with Gasteiger partial charge in [-0.2, -0.15) is 0 Å². The van der Waals surface area contributed by atoms with E-state index in [0.29, 0.717) is 12.1 Å². The first-order valence-electron chi connectivity index (χ1n) is 7.32. The van der Waals surface area contributed by atoms with Gasteiger partial charge >= 0.3 is 0 Å². The van der Waals surface area contributed by atoms with Gasteiger partial charge in [0.25, 0.3) is 0 Å². The highest BCUT2D eigenvalue weighted by molar-refractivity contribution is 7.91. The van der Waals surface area contributed by atoms with Crippen LogP contribution in [0.4, 0.5) is 0 Å². The zero-order valence-corrected chi connectivity index (χ0v) is 13.5. The van der Waals surface area contributed by atoms with Crippen LogP contribution in [-0.2, 0) is 14.6 Å². The Kier molecular flexibility index (Phi) is 4.12. The number of para-hydroxylation sites is 2. The maximum Gasteiger partial charge on any atom is 0.246 e. The Labute approximate surface area is 134 Å². The maximum atomic E-state index is 12.2. The van der Waals surface area contributed by atoms with Gasteiger partial charge in [-0.05, 0) is 24.6 Å². The van der Waals surface area contributed by atoms with Gasteiger partial charge in [0.1, 0.15) is 0 Å². The number of sulfone groups is 1. The van der Waals surface area contributed by atoms with Crippen molar-refractivity contribution in [3.05, 3.63) is 42.2 Å². The molecule has 120 valence electrons. The normalized spacial score (nSPS) is 20.1. The monoisotopic (exact) mass is 331 g/mol. The number of carbonyl (C=O) groups is 1. The number of nitrogens with zero attached hydrogens (tertiary/aromatic N) is 3. The minimum Gasteiger partial charge on any atom is -0.338 e. The molecule has 1 aromatic heterocycles. The van der Waals surface area contributed by atoms with Gasteiger partial charge in [-0.1, -0.05) is 12.1 Å². The number of hydrogen-bond donors (Lipinski definition) is 0. The van der Waals surface area contributed by atoms with E-state index in [1.54, 1.807) is 19.3 Å². The molecule has 1 unspecified atom stereocenters. The second-order valence-electron chi connectivity index (χ2n) is 5.62. The van der Waals surface area contributed by atoms with Crippen molar-refractivity contribution < 1.29 is 13.2 Å². The average molecular weight is 331 g/mol. The lowest BCUT2D eigenvalue weighted by molar-refractivity contribution is -0.126. The highest BCUT2D eigenvalue weighted by Crippen LogP contribution is 2.17. The van der Waals surface area contributed by atoms with Crippen LogP contribution in [-0.4, -0.2) is 53.8 Å². The van der Waals surface area contributed by atoms with Crippen LogP contribution in [0.3, 0.4) is 0 Å². The lowest BCUT2D eigenvalue weighted by Crippen LogP contribution is -2.36. The molecule has 1 fully saturated rings. The van der Waals surface area contributed by atoms with Crippen LogP contribution < -0.4 is 0 Å². The smallest absolute Gasteiger partial charge is 0.246 e. The van der Waals surface area contributed by atoms with Crippen LogP contribution >= 0.6 is 0 Å². The minimum atomic E-state index is -3.01. The van der Waals surface area contributed by atoms with E-state index in [0.717, 1.165) is 11.0 Å². The first kappa shape index (κ1) is 15.6. The summed E-state index contributed by atoms with van der Waals surface area (Å²) < 4.78 is 23.0. The summed E-state index contributed by atoms with van der Waals surface area (Å²) in [6.45, 7) is 0. The highest BCUT2D eigenvalue weighted by Gasteiger charge is 2.31. The van der Waals surface area contributed by atoms with Crippen molar-refractivity contribution in [2.75, 3.05) is 18.6 Å². The lowest BCUT2D eigenvalue weighted by Gasteiger charge is -2.21. The van der Waals surface area contributed by atoms with Crippen molar-refractivity contribution in [1.29, 1.82) is 0 Å². The van der Waals surface area contributed by atoms with Gasteiger partial charge in [0.05, 0.1) is 34.4 Å². The Bertz CT molecular complexity index is 877. The Morgan fingerprint density at radius 2 is 2.04 bits per heavy atom. The molecule has 0 saturated carbocycles. The molecule has 0 radical (unpaired) electrons. The molecule has 1 amide bonds. The summed E-state index contributed by atoms with van der Waals surface area (Å²) in [5, 5.41) is 0. The zero-order chi connectivity index (χ0) is 16.4. The number of fused-ring (bicyclic) bond motifs is 1. The summed E-state index contributed by atoms with van der Waals surface area (Å²) in [4.78, 5) is 22.3. The largest absolute Gasteiger partial charge is 0.338 e. The Morgan fingerprint density at radius 1 is 1.30 bits per heavy atom. The highest BCUT2D eigenvalue weighted by atomic mass is 32.2. The van der Waals surface area contributed by atoms with Crippen molar-refractivity contribution >= 4 is 32.9 Å². The van der Waals surface area contributed by atoms with Gasteiger partial charge in [0.2, 0.25) is 5.91 Å². The molecule has 1 aliphatic rings. The standard InChI is InChI=1S/C16H17N3O3S/c1-19(13-8-9-23(21,22)11-13)16(20)7-6-12-10-17-14-4-2-3-5-15(14)18-12/h2-7,10,13H,8-9,11H2,1H3. The van der Waals surface area contributed by atoms with Gasteiger partial charge in [-0.3, -0.25) is 9.78 Å². The van der Waals surface area contributed by atoms with E-state index in [1.807, 2.05) is 24.3 Å². The molecule has 1 saturated heterocycles. The first-order valence-corrected chi connectivity index (χ1v) is 9.14. The molecule has 0 N–H and O–H groups in total. The predicted molar refractivity (Wildman–Crippen MR) is 88.4 cm³/mol. The summed E-state index contributed by atoms with van der Waals surface area (Å²) in [5.41, 5.74) is 2.14. The quantitative estimate of drug-likeness (QED) is 0.792. The molecular weight excluding hydrogens is 314 g/mol. The summed E-state index contributed by atoms with van der Waals surface area (Å²) in [6.07, 6.45) is 5.10. The molecule has 2 heterocycles. The Morgan fingerprint density at radius 3 is 2.74 bits per heavy atom. The van der Waals surface area contributed by atoms with Crippen molar-refractivity contribution in [2.45, 2.75) is 12.5 Å². The van der Waals surface area contributed by atoms with Crippen LogP contribution in [0.1, 0.15) is 12.1 Å². The lowest BCUT2D eigenvalue weighted by atomic mass is 10.2. The summed E-state index contributed by atoms with van der Waals surface area (Å²) in [7, 11) is -1.38. The van der Waals surface area contributed by atoms with E-state index >= 15 is 0 Å². The fourth-order valence-electron chi connectivity index (χ4n) is 2.59. The van der Waals surface area contributed by atoms with Crippen molar-refractivity contribution in [1.82, 2.24) is 14.9 Å². The SMILES string of the molecule is CN(C(=O)C=Cc1cnc2ccccc2n1)C1CCS(=O)(=O)C1. The fourth-order valence-corrected chi connectivity index (χ4v) is 4.36. The average Bonchev–Trinajstić information content (AvgIpc) is 2.91. The molecule has 0 bridgehead atoms. The van der Waals surface area contributed by atoms with E-state index < -0.39 is 9.84 Å². The minimum absolute atomic E-state index is 0.0405. The molecule has 1 aromatic carbocycles. The summed E-state index contributed by atoms with van der Waals surface area (Å²) in [5.74, 6) is -0.0457. The maximum absolute atomic E-state index is 12.2. The number of amides is 1. The van der Waals surface area contributed by atoms with Crippen molar-refractivity contribution in [2.24, 2.45) is 0 Å². The van der Waals surface area contributed by atoms with E-state index in [1.165, 1.54) is 11.0 Å². The van der Waals surface area contributed by atoms with E-state index in [4.69, 9.17) is 0 Å². The predicted octanol–water partition coefficient (Wildman–Crippen LogP) is 1.29. The Balaban J connectivity index is 1.72. The van der Waals surface area contributed by atoms with Gasteiger partial charge < -0.3 is 4.90 Å². The van der Waals surface area contributed by atoms with Gasteiger partial charge in [0.15, 0.2) is 9.84 Å². The number of hydrogen-bond acceptors (Lipinski definition) is 5. The number of benzene rings is 1. The van der Waals surface area contributed by atoms with Crippen LogP contribution in [0.25, 0.3) is 17.1 Å². The molecular formula is C16H17N3O3S. The van der Waals surface area contributed by atoms with E-state index in [-0.39, 0.29) is 23.5 Å². The molecule has 1 aliphatic heterocycles. The molecule has 7 heteroatoms. The third-order valence-corrected chi connectivity index (χ3v) is 5.72. The van der Waals surface area contributed by atoms with Gasteiger partial charge in [0, 0.05) is 19.2 Å². The molecule has 23 heavy (non-hydrogen) atoms. The Hall–Kier alpha value is -2.28. The van der Waals surface area contributed by atoms with Crippen LogP contribution in [0.2, 0.25) is 0 Å². The van der Waals surface area contributed by atoms with Crippen molar-refractivity contribution in [3.8, 4) is 0 Å². The topological polar surface area (TPSA) is 80.2 Å². The third kappa shape index (κ3) is 3.56. The number of likely N-dealkylation sites (N-methyl/N-ethyl adjacent to an activating group) is 1. The number of rotatable bonds is 3. The van der Waals surface area contributed by atoms with Gasteiger partial charge in [-0.15, -0.1) is 0 Å². The number of aromatic nitrogens is 2. The van der Waals surface area contributed by atoms with Gasteiger partial charge in [-0.25, -0.2) is 13.4 Å². The second-order valence-corrected chi connectivity index (χ2v) is 7.85. The van der Waals surface area contributed by atoms with E-state index in [2.05, 4.69) is 9.97 Å². The molecule has 0 aliphatic carbocycles. The van der Waals surface area contributed by atoms with Crippen LogP contribution in [0, 0.1) is 0 Å². The molecule has 6 nitrogen and oxygen atoms in total. The molecule has 3 rings (SSSR count).